The largest absolute Gasteiger partial charge is 0.347 e. The highest BCUT2D eigenvalue weighted by molar-refractivity contribution is 5.94. The van der Waals surface area contributed by atoms with E-state index in [1.54, 1.807) is 24.8 Å². The van der Waals surface area contributed by atoms with E-state index in [4.69, 9.17) is 0 Å². The number of hydrogen-bond donors (Lipinski definition) is 1. The number of aromatic nitrogens is 4. The zero-order chi connectivity index (χ0) is 19.3. The molecule has 1 N–H and O–H groups in total. The molecule has 0 aliphatic carbocycles. The number of nitrogens with zero attached hydrogens (tertiary/aromatic N) is 4. The van der Waals surface area contributed by atoms with Crippen molar-refractivity contribution >= 4 is 5.91 Å². The first-order chi connectivity index (χ1) is 13.7. The van der Waals surface area contributed by atoms with Gasteiger partial charge in [0.2, 0.25) is 0 Å². The second-order valence-corrected chi connectivity index (χ2v) is 6.43. The monoisotopic (exact) mass is 369 g/mol. The molecule has 138 valence electrons. The Morgan fingerprint density at radius 1 is 0.964 bits per heavy atom. The molecule has 0 aliphatic heterocycles. The summed E-state index contributed by atoms with van der Waals surface area (Å²) in [6.45, 7) is 0.489. The van der Waals surface area contributed by atoms with Gasteiger partial charge in [-0.05, 0) is 23.8 Å². The minimum Gasteiger partial charge on any atom is -0.347 e. The number of pyridine rings is 1. The Labute approximate surface area is 162 Å². The molecule has 0 radical (unpaired) electrons. The SMILES string of the molecule is Cn1cc(-c2cnc(-c3cccnc3)nc2)cc1C(=O)NCc1ccccc1. The van der Waals surface area contributed by atoms with E-state index in [-0.39, 0.29) is 5.91 Å². The molecule has 0 aliphatic rings. The third kappa shape index (κ3) is 3.81. The van der Waals surface area contributed by atoms with Crippen LogP contribution < -0.4 is 5.32 Å². The van der Waals surface area contributed by atoms with Gasteiger partial charge in [0.25, 0.3) is 5.91 Å². The summed E-state index contributed by atoms with van der Waals surface area (Å²) in [4.78, 5) is 25.5. The maximum Gasteiger partial charge on any atom is 0.268 e. The average Bonchev–Trinajstić information content (AvgIpc) is 3.15. The standard InChI is InChI=1S/C22H19N5O/c1-27-15-18(10-20(27)22(28)26-11-16-6-3-2-4-7-16)19-13-24-21(25-14-19)17-8-5-9-23-12-17/h2-10,12-15H,11H2,1H3,(H,26,28). The zero-order valence-electron chi connectivity index (χ0n) is 15.4. The molecule has 6 heteroatoms. The number of hydrogen-bond acceptors (Lipinski definition) is 4. The first kappa shape index (κ1) is 17.6. The second kappa shape index (κ2) is 7.84. The molecule has 6 nitrogen and oxygen atoms in total. The summed E-state index contributed by atoms with van der Waals surface area (Å²) in [6.07, 6.45) is 8.87. The van der Waals surface area contributed by atoms with Crippen molar-refractivity contribution in [3.63, 3.8) is 0 Å². The van der Waals surface area contributed by atoms with Gasteiger partial charge in [0, 0.05) is 61.3 Å². The molecule has 3 aromatic heterocycles. The van der Waals surface area contributed by atoms with E-state index in [9.17, 15) is 4.79 Å². The van der Waals surface area contributed by atoms with Gasteiger partial charge >= 0.3 is 0 Å². The van der Waals surface area contributed by atoms with Gasteiger partial charge in [-0.15, -0.1) is 0 Å². The number of aryl methyl sites for hydroxylation is 1. The van der Waals surface area contributed by atoms with Crippen molar-refractivity contribution in [2.75, 3.05) is 0 Å². The van der Waals surface area contributed by atoms with Crippen molar-refractivity contribution < 1.29 is 4.79 Å². The van der Waals surface area contributed by atoms with Crippen molar-refractivity contribution in [2.24, 2.45) is 7.05 Å². The Balaban J connectivity index is 1.50. The van der Waals surface area contributed by atoms with E-state index in [2.05, 4.69) is 20.3 Å². The topological polar surface area (TPSA) is 72.7 Å². The second-order valence-electron chi connectivity index (χ2n) is 6.43. The molecular weight excluding hydrogens is 350 g/mol. The Bertz CT molecular complexity index is 1070. The summed E-state index contributed by atoms with van der Waals surface area (Å²) in [5, 5.41) is 2.95. The van der Waals surface area contributed by atoms with Crippen LogP contribution in [-0.2, 0) is 13.6 Å². The average molecular weight is 369 g/mol. The molecule has 3 heterocycles. The lowest BCUT2D eigenvalue weighted by Gasteiger charge is -2.05. The summed E-state index contributed by atoms with van der Waals surface area (Å²) < 4.78 is 1.81. The van der Waals surface area contributed by atoms with Gasteiger partial charge in [-0.3, -0.25) is 9.78 Å². The lowest BCUT2D eigenvalue weighted by Crippen LogP contribution is -2.24. The van der Waals surface area contributed by atoms with Crippen LogP contribution in [0.1, 0.15) is 16.1 Å². The molecule has 0 fully saturated rings. The van der Waals surface area contributed by atoms with Crippen molar-refractivity contribution in [1.29, 1.82) is 0 Å². The fourth-order valence-electron chi connectivity index (χ4n) is 2.94. The summed E-state index contributed by atoms with van der Waals surface area (Å²) in [5.41, 5.74) is 4.26. The van der Waals surface area contributed by atoms with Gasteiger partial charge in [-0.1, -0.05) is 30.3 Å². The fourth-order valence-corrected chi connectivity index (χ4v) is 2.94. The highest BCUT2D eigenvalue weighted by Gasteiger charge is 2.13. The molecule has 0 unspecified atom stereocenters. The molecule has 0 spiro atoms. The Morgan fingerprint density at radius 2 is 1.75 bits per heavy atom. The Morgan fingerprint density at radius 3 is 2.46 bits per heavy atom. The number of carbonyl (C=O) groups is 1. The van der Waals surface area contributed by atoms with E-state index < -0.39 is 0 Å². The number of nitrogens with one attached hydrogen (secondary N) is 1. The van der Waals surface area contributed by atoms with Crippen LogP contribution in [0.5, 0.6) is 0 Å². The van der Waals surface area contributed by atoms with E-state index >= 15 is 0 Å². The number of amides is 1. The molecule has 28 heavy (non-hydrogen) atoms. The van der Waals surface area contributed by atoms with Gasteiger partial charge < -0.3 is 9.88 Å². The van der Waals surface area contributed by atoms with Crippen molar-refractivity contribution in [3.8, 4) is 22.5 Å². The number of carbonyl (C=O) groups excluding carboxylic acids is 1. The van der Waals surface area contributed by atoms with Gasteiger partial charge in [0.15, 0.2) is 5.82 Å². The Hall–Kier alpha value is -3.80. The highest BCUT2D eigenvalue weighted by atomic mass is 16.1. The molecule has 4 aromatic rings. The molecule has 0 atom stereocenters. The van der Waals surface area contributed by atoms with Crippen LogP contribution >= 0.6 is 0 Å². The van der Waals surface area contributed by atoms with Crippen LogP contribution in [0.3, 0.4) is 0 Å². The van der Waals surface area contributed by atoms with Crippen molar-refractivity contribution in [1.82, 2.24) is 24.8 Å². The van der Waals surface area contributed by atoms with Crippen LogP contribution in [0.4, 0.5) is 0 Å². The maximum atomic E-state index is 12.6. The quantitative estimate of drug-likeness (QED) is 0.585. The normalized spacial score (nSPS) is 10.6. The van der Waals surface area contributed by atoms with E-state index in [0.717, 1.165) is 22.3 Å². The van der Waals surface area contributed by atoms with E-state index in [0.29, 0.717) is 18.1 Å². The molecular formula is C22H19N5O. The van der Waals surface area contributed by atoms with E-state index in [1.807, 2.05) is 66.3 Å². The first-order valence-corrected chi connectivity index (χ1v) is 8.92. The minimum absolute atomic E-state index is 0.120. The van der Waals surface area contributed by atoms with Gasteiger partial charge in [0.05, 0.1) is 0 Å². The van der Waals surface area contributed by atoms with Crippen LogP contribution in [0, 0.1) is 0 Å². The number of benzene rings is 1. The minimum atomic E-state index is -0.120. The van der Waals surface area contributed by atoms with Gasteiger partial charge in [-0.2, -0.15) is 0 Å². The molecule has 0 bridgehead atoms. The zero-order valence-corrected chi connectivity index (χ0v) is 15.4. The van der Waals surface area contributed by atoms with Crippen LogP contribution in [0.2, 0.25) is 0 Å². The summed E-state index contributed by atoms with van der Waals surface area (Å²) >= 11 is 0. The smallest absolute Gasteiger partial charge is 0.268 e. The van der Waals surface area contributed by atoms with Crippen LogP contribution in [-0.4, -0.2) is 25.4 Å². The third-order valence-electron chi connectivity index (χ3n) is 4.44. The van der Waals surface area contributed by atoms with Gasteiger partial charge in [0.1, 0.15) is 5.69 Å². The predicted molar refractivity (Wildman–Crippen MR) is 107 cm³/mol. The molecule has 1 amide bonds. The number of rotatable bonds is 5. The summed E-state index contributed by atoms with van der Waals surface area (Å²) in [7, 11) is 1.85. The summed E-state index contributed by atoms with van der Waals surface area (Å²) in [6, 6.07) is 15.5. The van der Waals surface area contributed by atoms with E-state index in [1.165, 1.54) is 0 Å². The molecule has 1 aromatic carbocycles. The van der Waals surface area contributed by atoms with Crippen molar-refractivity contribution in [3.05, 3.63) is 90.8 Å². The third-order valence-corrected chi connectivity index (χ3v) is 4.44. The molecule has 0 saturated carbocycles. The fraction of sp³-hybridized carbons (Fsp3) is 0.0909. The van der Waals surface area contributed by atoms with Crippen molar-refractivity contribution in [2.45, 2.75) is 6.54 Å². The van der Waals surface area contributed by atoms with Crippen LogP contribution in [0.25, 0.3) is 22.5 Å². The lowest BCUT2D eigenvalue weighted by atomic mass is 10.1. The maximum absolute atomic E-state index is 12.6. The first-order valence-electron chi connectivity index (χ1n) is 8.92. The Kier molecular flexibility index (Phi) is 4.93. The predicted octanol–water partition coefficient (Wildman–Crippen LogP) is 3.47. The highest BCUT2D eigenvalue weighted by Crippen LogP contribution is 2.22. The molecule has 0 saturated heterocycles. The van der Waals surface area contributed by atoms with Gasteiger partial charge in [-0.25, -0.2) is 9.97 Å². The molecule has 4 rings (SSSR count). The lowest BCUT2D eigenvalue weighted by molar-refractivity contribution is 0.0943. The summed E-state index contributed by atoms with van der Waals surface area (Å²) in [5.74, 6) is 0.499. The van der Waals surface area contributed by atoms with Crippen LogP contribution in [0.15, 0.2) is 79.5 Å².